The fraction of sp³-hybridized carbons (Fsp3) is 0.516. The molecule has 0 spiro atoms. The summed E-state index contributed by atoms with van der Waals surface area (Å²) in [5.74, 6) is -1.08. The number of rotatable bonds is 9. The van der Waals surface area contributed by atoms with Crippen molar-refractivity contribution in [3.05, 3.63) is 53.8 Å². The molecule has 2 aliphatic heterocycles. The standard InChI is InChI=1S/C31H35N3O8S/c1-16-24-27(36)34(31(2,3)29(37)38)30(39)33(28(24)43-25(16)26-32-9-10-41-26)15-23(21-7-5-6-8-22(21)40-4)42-20-13-17-11-19(35)12-18(17)14-20/h5-10,17-20,23-24,35H,11-15H2,1-4H3/p+1/t17-,18+,19?,20?,23?,24?. The number of nitrogens with zero attached hydrogens (tertiary/aromatic N) is 3. The van der Waals surface area contributed by atoms with Crippen LogP contribution in [0.4, 0.5) is 4.79 Å². The number of ether oxygens (including phenoxy) is 2. The zero-order valence-electron chi connectivity index (χ0n) is 24.6. The molecule has 2 aromatic rings. The van der Waals surface area contributed by atoms with Crippen molar-refractivity contribution in [1.29, 1.82) is 0 Å². The Balaban J connectivity index is 1.42. The van der Waals surface area contributed by atoms with Gasteiger partial charge in [0.15, 0.2) is 11.0 Å². The van der Waals surface area contributed by atoms with Crippen LogP contribution in [-0.4, -0.2) is 79.0 Å². The van der Waals surface area contributed by atoms with Crippen molar-refractivity contribution >= 4 is 39.6 Å². The van der Waals surface area contributed by atoms with E-state index in [0.29, 0.717) is 39.0 Å². The van der Waals surface area contributed by atoms with E-state index in [0.717, 1.165) is 36.1 Å². The largest absolute Gasteiger partial charge is 0.502 e. The molecule has 2 fully saturated rings. The van der Waals surface area contributed by atoms with Crippen LogP contribution in [-0.2, 0) is 14.3 Å². The van der Waals surface area contributed by atoms with Gasteiger partial charge in [-0.3, -0.25) is 0 Å². The minimum absolute atomic E-state index is 0.0259. The summed E-state index contributed by atoms with van der Waals surface area (Å²) in [4.78, 5) is 46.3. The third-order valence-corrected chi connectivity index (χ3v) is 10.6. The van der Waals surface area contributed by atoms with Crippen LogP contribution in [0.1, 0.15) is 64.0 Å². The third kappa shape index (κ3) is 5.08. The number of aliphatic carboxylic acids is 1. The van der Waals surface area contributed by atoms with Crippen LogP contribution in [0.2, 0.25) is 0 Å². The smallest absolute Gasteiger partial charge is 0.496 e. The minimum Gasteiger partial charge on any atom is -0.496 e. The molecule has 0 saturated heterocycles. The molecular weight excluding hydrogens is 574 g/mol. The second kappa shape index (κ2) is 11.2. The normalized spacial score (nSPS) is 28.0. The van der Waals surface area contributed by atoms with E-state index in [1.165, 1.54) is 42.6 Å². The number of carboxylic acid groups (broad SMARTS) is 1. The summed E-state index contributed by atoms with van der Waals surface area (Å²) in [5.41, 5.74) is -0.430. The van der Waals surface area contributed by atoms with Gasteiger partial charge in [-0.15, -0.1) is 4.90 Å². The molecule has 12 heteroatoms. The molecule has 3 heterocycles. The predicted molar refractivity (Wildman–Crippen MR) is 156 cm³/mol. The Morgan fingerprint density at radius 3 is 2.53 bits per heavy atom. The van der Waals surface area contributed by atoms with E-state index in [-0.39, 0.29) is 18.8 Å². The summed E-state index contributed by atoms with van der Waals surface area (Å²) in [6.07, 6.45) is 5.09. The summed E-state index contributed by atoms with van der Waals surface area (Å²) >= 11 is 1.24. The second-order valence-electron chi connectivity index (χ2n) is 12.3. The highest BCUT2D eigenvalue weighted by molar-refractivity contribution is 8.22. The Labute approximate surface area is 253 Å². The van der Waals surface area contributed by atoms with Gasteiger partial charge in [0.05, 0.1) is 30.4 Å². The molecule has 11 nitrogen and oxygen atoms in total. The highest BCUT2D eigenvalue weighted by atomic mass is 32.2. The average Bonchev–Trinajstić information content (AvgIpc) is 3.74. The van der Waals surface area contributed by atoms with E-state index < -0.39 is 35.5 Å². The number of aromatic nitrogens is 1. The number of oxazole rings is 1. The van der Waals surface area contributed by atoms with Crippen molar-refractivity contribution in [3.63, 3.8) is 0 Å². The highest BCUT2D eigenvalue weighted by Crippen LogP contribution is 2.49. The SMILES string of the molecule is COc1ccccc1C(C[N+]1=C2SC(c3ncco3)=C(C)C2C(=O)N(C(C)(C)C(=O)O)C1=O)OC1C[C@H]2CC(O)C[C@H]2C1. The average molecular weight is 611 g/mol. The first-order valence-electron chi connectivity index (χ1n) is 14.5. The minimum atomic E-state index is -1.81. The Morgan fingerprint density at radius 2 is 1.91 bits per heavy atom. The number of hydrogen-bond acceptors (Lipinski definition) is 9. The molecule has 43 heavy (non-hydrogen) atoms. The molecule has 6 rings (SSSR count). The third-order valence-electron chi connectivity index (χ3n) is 9.25. The summed E-state index contributed by atoms with van der Waals surface area (Å²) in [5, 5.41) is 20.7. The van der Waals surface area contributed by atoms with Crippen molar-refractivity contribution < 1.29 is 43.1 Å². The van der Waals surface area contributed by atoms with Gasteiger partial charge in [0.1, 0.15) is 24.7 Å². The van der Waals surface area contributed by atoms with Gasteiger partial charge in [0.25, 0.3) is 0 Å². The van der Waals surface area contributed by atoms with Gasteiger partial charge in [0, 0.05) is 5.56 Å². The van der Waals surface area contributed by atoms with Crippen LogP contribution >= 0.6 is 11.8 Å². The molecule has 2 aliphatic carbocycles. The van der Waals surface area contributed by atoms with Gasteiger partial charge >= 0.3 is 17.9 Å². The zero-order chi connectivity index (χ0) is 30.6. The Hall–Kier alpha value is -3.48. The summed E-state index contributed by atoms with van der Waals surface area (Å²) < 4.78 is 19.5. The molecule has 4 aliphatic rings. The molecule has 1 aromatic carbocycles. The monoisotopic (exact) mass is 610 g/mol. The number of carbonyl (C=O) groups is 3. The number of imide groups is 1. The number of carbonyl (C=O) groups excluding carboxylic acids is 2. The lowest BCUT2D eigenvalue weighted by molar-refractivity contribution is -0.454. The number of fused-ring (bicyclic) bond motifs is 2. The molecule has 2 saturated carbocycles. The van der Waals surface area contributed by atoms with Crippen molar-refractivity contribution in [1.82, 2.24) is 9.88 Å². The maximum Gasteiger partial charge on any atom is 0.502 e. The van der Waals surface area contributed by atoms with E-state index in [1.807, 2.05) is 24.3 Å². The van der Waals surface area contributed by atoms with Crippen LogP contribution in [0.15, 0.2) is 46.7 Å². The van der Waals surface area contributed by atoms with Crippen LogP contribution in [0, 0.1) is 17.8 Å². The molecule has 2 N–H and O–H groups in total. The van der Waals surface area contributed by atoms with Gasteiger partial charge in [0.2, 0.25) is 11.4 Å². The summed E-state index contributed by atoms with van der Waals surface area (Å²) in [6.45, 7) is 4.51. The van der Waals surface area contributed by atoms with Gasteiger partial charge in [-0.25, -0.2) is 14.6 Å². The molecule has 0 bridgehead atoms. The first-order chi connectivity index (χ1) is 20.5. The number of amides is 3. The van der Waals surface area contributed by atoms with Crippen molar-refractivity contribution in [2.24, 2.45) is 17.8 Å². The van der Waals surface area contributed by atoms with Crippen LogP contribution < -0.4 is 4.74 Å². The zero-order valence-corrected chi connectivity index (χ0v) is 25.4. The number of benzene rings is 1. The number of methoxy groups -OCH3 is 1. The highest BCUT2D eigenvalue weighted by Gasteiger charge is 2.60. The fourth-order valence-corrected chi connectivity index (χ4v) is 8.35. The maximum absolute atomic E-state index is 14.2. The quantitative estimate of drug-likeness (QED) is 0.394. The van der Waals surface area contributed by atoms with Crippen LogP contribution in [0.25, 0.3) is 4.91 Å². The molecule has 4 unspecified atom stereocenters. The Morgan fingerprint density at radius 1 is 1.21 bits per heavy atom. The molecule has 6 atom stereocenters. The first kappa shape index (κ1) is 29.6. The maximum atomic E-state index is 14.2. The predicted octanol–water partition coefficient (Wildman–Crippen LogP) is 4.32. The fourth-order valence-electron chi connectivity index (χ4n) is 7.01. The summed E-state index contributed by atoms with van der Waals surface area (Å²) in [7, 11) is 1.58. The number of para-hydroxylation sites is 1. The van der Waals surface area contributed by atoms with Gasteiger partial charge in [-0.1, -0.05) is 18.2 Å². The number of aliphatic hydroxyl groups is 1. The number of carboxylic acids is 1. The topological polar surface area (TPSA) is 142 Å². The number of urea groups is 1. The molecular formula is C31H36N3O8S+. The van der Waals surface area contributed by atoms with E-state index >= 15 is 0 Å². The lowest BCUT2D eigenvalue weighted by Gasteiger charge is -2.33. The number of hydrogen-bond donors (Lipinski definition) is 2. The van der Waals surface area contributed by atoms with Crippen molar-refractivity contribution in [2.45, 2.75) is 70.3 Å². The van der Waals surface area contributed by atoms with E-state index in [2.05, 4.69) is 4.98 Å². The van der Waals surface area contributed by atoms with Crippen LogP contribution in [0.5, 0.6) is 5.75 Å². The number of thioether (sulfide) groups is 1. The molecule has 1 aromatic heterocycles. The Bertz CT molecular complexity index is 1500. The van der Waals surface area contributed by atoms with Crippen molar-refractivity contribution in [3.8, 4) is 5.75 Å². The molecule has 3 amide bonds. The van der Waals surface area contributed by atoms with Gasteiger partial charge in [-0.05, 0) is 81.7 Å². The van der Waals surface area contributed by atoms with Gasteiger partial charge < -0.3 is 24.1 Å². The van der Waals surface area contributed by atoms with E-state index in [1.54, 1.807) is 14.0 Å². The lowest BCUT2D eigenvalue weighted by atomic mass is 9.93. The summed E-state index contributed by atoms with van der Waals surface area (Å²) in [6, 6.07) is 6.73. The van der Waals surface area contributed by atoms with Gasteiger partial charge in [-0.2, -0.15) is 9.37 Å². The van der Waals surface area contributed by atoms with E-state index in [4.69, 9.17) is 13.9 Å². The lowest BCUT2D eigenvalue weighted by Crippen LogP contribution is -2.63. The first-order valence-corrected chi connectivity index (χ1v) is 15.3. The van der Waals surface area contributed by atoms with Crippen molar-refractivity contribution in [2.75, 3.05) is 13.7 Å². The molecule has 0 radical (unpaired) electrons. The molecule has 228 valence electrons. The number of aliphatic hydroxyl groups excluding tert-OH is 1. The Kier molecular flexibility index (Phi) is 7.72. The van der Waals surface area contributed by atoms with Crippen LogP contribution in [0.3, 0.4) is 0 Å². The van der Waals surface area contributed by atoms with E-state index in [9.17, 15) is 24.6 Å². The second-order valence-corrected chi connectivity index (χ2v) is 13.3.